The van der Waals surface area contributed by atoms with Gasteiger partial charge in [0.25, 0.3) is 5.91 Å². The molecule has 29 heavy (non-hydrogen) atoms. The van der Waals surface area contributed by atoms with Gasteiger partial charge in [-0.05, 0) is 30.2 Å². The van der Waals surface area contributed by atoms with Gasteiger partial charge >= 0.3 is 5.97 Å². The van der Waals surface area contributed by atoms with E-state index in [1.165, 1.54) is 22.7 Å². The highest BCUT2D eigenvalue weighted by atomic mass is 32.1. The molecule has 0 spiro atoms. The van der Waals surface area contributed by atoms with E-state index in [1.54, 1.807) is 11.4 Å². The van der Waals surface area contributed by atoms with E-state index in [2.05, 4.69) is 5.32 Å². The summed E-state index contributed by atoms with van der Waals surface area (Å²) < 4.78 is 0. The average Bonchev–Trinajstić information content (AvgIpc) is 3.37. The van der Waals surface area contributed by atoms with Crippen molar-refractivity contribution >= 4 is 39.6 Å². The lowest BCUT2D eigenvalue weighted by Gasteiger charge is -2.05. The van der Waals surface area contributed by atoms with Crippen LogP contribution in [0.25, 0.3) is 21.6 Å². The average molecular weight is 420 g/mol. The van der Waals surface area contributed by atoms with Crippen LogP contribution in [0.15, 0.2) is 72.1 Å². The summed E-state index contributed by atoms with van der Waals surface area (Å²) in [6, 6.07) is 21.1. The summed E-state index contributed by atoms with van der Waals surface area (Å²) in [5.41, 5.74) is 3.68. The van der Waals surface area contributed by atoms with E-state index >= 15 is 0 Å². The van der Waals surface area contributed by atoms with E-state index in [1.807, 2.05) is 67.6 Å². The van der Waals surface area contributed by atoms with Crippen LogP contribution in [0.2, 0.25) is 0 Å². The molecule has 4 rings (SSSR count). The van der Waals surface area contributed by atoms with Gasteiger partial charge < -0.3 is 10.4 Å². The Morgan fingerprint density at radius 2 is 1.62 bits per heavy atom. The molecule has 4 aromatic rings. The van der Waals surface area contributed by atoms with Crippen LogP contribution < -0.4 is 5.32 Å². The number of carboxylic acid groups (broad SMARTS) is 1. The lowest BCUT2D eigenvalue weighted by Crippen LogP contribution is -2.12. The second kappa shape index (κ2) is 8.03. The number of carbonyl (C=O) groups excluding carboxylic acids is 1. The first-order chi connectivity index (χ1) is 14.0. The third kappa shape index (κ3) is 3.99. The highest BCUT2D eigenvalue weighted by Crippen LogP contribution is 2.36. The van der Waals surface area contributed by atoms with E-state index in [4.69, 9.17) is 0 Å². The number of anilines is 1. The molecule has 2 N–H and O–H groups in total. The molecule has 1 amide bonds. The van der Waals surface area contributed by atoms with Crippen LogP contribution >= 0.6 is 22.7 Å². The number of thiophene rings is 2. The summed E-state index contributed by atoms with van der Waals surface area (Å²) >= 11 is 2.60. The van der Waals surface area contributed by atoms with Crippen molar-refractivity contribution in [1.29, 1.82) is 0 Å². The quantitative estimate of drug-likeness (QED) is 0.393. The lowest BCUT2D eigenvalue weighted by molar-refractivity contribution is 0.0699. The molecular formula is C23H17NO3S2. The van der Waals surface area contributed by atoms with E-state index in [-0.39, 0.29) is 11.5 Å². The largest absolute Gasteiger partial charge is 0.478 e. The molecule has 0 fully saturated rings. The molecule has 0 saturated heterocycles. The Labute approximate surface area is 176 Å². The fraction of sp³-hybridized carbons (Fsp3) is 0.0435. The molecule has 4 nitrogen and oxygen atoms in total. The first-order valence-electron chi connectivity index (χ1n) is 8.91. The zero-order valence-electron chi connectivity index (χ0n) is 15.5. The molecule has 0 aliphatic rings. The normalized spacial score (nSPS) is 10.7. The van der Waals surface area contributed by atoms with E-state index in [9.17, 15) is 14.7 Å². The number of hydrogen-bond donors (Lipinski definition) is 2. The molecule has 0 unspecified atom stereocenters. The van der Waals surface area contributed by atoms with Gasteiger partial charge in [0, 0.05) is 15.8 Å². The standard InChI is InChI=1S/C23H17NO3S2/c1-14-7-9-15(10-8-14)17-13-28-22(20(17)23(26)27)24-21(25)19-12-11-18(29-19)16-5-3-2-4-6-16/h2-13H,1H3,(H,24,25)(H,26,27). The van der Waals surface area contributed by atoms with Crippen LogP contribution in [0.1, 0.15) is 25.6 Å². The van der Waals surface area contributed by atoms with Crippen LogP contribution in [0, 0.1) is 6.92 Å². The number of rotatable bonds is 5. The minimum atomic E-state index is -1.06. The molecule has 0 atom stereocenters. The third-order valence-electron chi connectivity index (χ3n) is 4.48. The van der Waals surface area contributed by atoms with Crippen molar-refractivity contribution in [3.63, 3.8) is 0 Å². The van der Waals surface area contributed by atoms with Gasteiger partial charge in [-0.3, -0.25) is 4.79 Å². The number of benzene rings is 2. The molecule has 0 aliphatic carbocycles. The Balaban J connectivity index is 1.61. The summed E-state index contributed by atoms with van der Waals surface area (Å²) in [6.45, 7) is 1.98. The van der Waals surface area contributed by atoms with Crippen LogP contribution in [0.4, 0.5) is 5.00 Å². The fourth-order valence-electron chi connectivity index (χ4n) is 2.99. The van der Waals surface area contributed by atoms with Gasteiger partial charge in [-0.2, -0.15) is 0 Å². The lowest BCUT2D eigenvalue weighted by atomic mass is 10.0. The Kier molecular flexibility index (Phi) is 5.29. The molecule has 6 heteroatoms. The molecular weight excluding hydrogens is 402 g/mol. The fourth-order valence-corrected chi connectivity index (χ4v) is 4.85. The van der Waals surface area contributed by atoms with Crippen LogP contribution in [-0.2, 0) is 0 Å². The minimum Gasteiger partial charge on any atom is -0.478 e. The first kappa shape index (κ1) is 19.1. The Morgan fingerprint density at radius 1 is 0.897 bits per heavy atom. The van der Waals surface area contributed by atoms with Gasteiger partial charge in [0.2, 0.25) is 0 Å². The maximum absolute atomic E-state index is 12.7. The molecule has 0 aliphatic heterocycles. The monoisotopic (exact) mass is 419 g/mol. The number of amides is 1. The summed E-state index contributed by atoms with van der Waals surface area (Å²) in [5.74, 6) is -1.37. The van der Waals surface area contributed by atoms with Gasteiger partial charge in [-0.25, -0.2) is 4.79 Å². The second-order valence-electron chi connectivity index (χ2n) is 6.51. The van der Waals surface area contributed by atoms with Gasteiger partial charge in [0.05, 0.1) is 4.88 Å². The minimum absolute atomic E-state index is 0.118. The summed E-state index contributed by atoms with van der Waals surface area (Å²) in [7, 11) is 0. The van der Waals surface area contributed by atoms with Crippen molar-refractivity contribution in [1.82, 2.24) is 0 Å². The number of nitrogens with one attached hydrogen (secondary N) is 1. The van der Waals surface area contributed by atoms with Gasteiger partial charge in [-0.15, -0.1) is 22.7 Å². The number of hydrogen-bond acceptors (Lipinski definition) is 4. The summed E-state index contributed by atoms with van der Waals surface area (Å²) in [4.78, 5) is 26.2. The Hall–Kier alpha value is -3.22. The van der Waals surface area contributed by atoms with E-state index in [0.717, 1.165) is 21.6 Å². The van der Waals surface area contributed by atoms with E-state index < -0.39 is 5.97 Å². The van der Waals surface area contributed by atoms with Crippen LogP contribution in [0.5, 0.6) is 0 Å². The van der Waals surface area contributed by atoms with Crippen molar-refractivity contribution in [3.8, 4) is 21.6 Å². The molecule has 2 aromatic carbocycles. The number of carboxylic acids is 1. The zero-order valence-corrected chi connectivity index (χ0v) is 17.1. The van der Waals surface area contributed by atoms with E-state index in [0.29, 0.717) is 15.4 Å². The predicted molar refractivity (Wildman–Crippen MR) is 119 cm³/mol. The molecule has 0 radical (unpaired) electrons. The van der Waals surface area contributed by atoms with Crippen molar-refractivity contribution < 1.29 is 14.7 Å². The van der Waals surface area contributed by atoms with Gasteiger partial charge in [0.15, 0.2) is 0 Å². The molecule has 2 heterocycles. The summed E-state index contributed by atoms with van der Waals surface area (Å²) in [6.07, 6.45) is 0. The van der Waals surface area contributed by atoms with Gasteiger partial charge in [-0.1, -0.05) is 60.2 Å². The topological polar surface area (TPSA) is 66.4 Å². The highest BCUT2D eigenvalue weighted by Gasteiger charge is 2.22. The zero-order chi connectivity index (χ0) is 20.4. The Bertz CT molecular complexity index is 1170. The molecule has 2 aromatic heterocycles. The third-order valence-corrected chi connectivity index (χ3v) is 6.51. The number of carbonyl (C=O) groups is 2. The van der Waals surface area contributed by atoms with Crippen molar-refractivity contribution in [2.75, 3.05) is 5.32 Å². The second-order valence-corrected chi connectivity index (χ2v) is 8.47. The number of aryl methyl sites for hydroxylation is 1. The highest BCUT2D eigenvalue weighted by molar-refractivity contribution is 7.18. The molecule has 144 valence electrons. The van der Waals surface area contributed by atoms with Crippen molar-refractivity contribution in [2.45, 2.75) is 6.92 Å². The van der Waals surface area contributed by atoms with Crippen molar-refractivity contribution in [3.05, 3.63) is 88.1 Å². The maximum atomic E-state index is 12.7. The van der Waals surface area contributed by atoms with Gasteiger partial charge in [0.1, 0.15) is 10.6 Å². The smallest absolute Gasteiger partial charge is 0.339 e. The molecule has 0 bridgehead atoms. The van der Waals surface area contributed by atoms with Crippen molar-refractivity contribution in [2.24, 2.45) is 0 Å². The number of aromatic carboxylic acids is 1. The SMILES string of the molecule is Cc1ccc(-c2csc(NC(=O)c3ccc(-c4ccccc4)s3)c2C(=O)O)cc1. The first-order valence-corrected chi connectivity index (χ1v) is 10.6. The van der Waals surface area contributed by atoms with Crippen LogP contribution in [-0.4, -0.2) is 17.0 Å². The Morgan fingerprint density at radius 3 is 2.31 bits per heavy atom. The van der Waals surface area contributed by atoms with Crippen LogP contribution in [0.3, 0.4) is 0 Å². The summed E-state index contributed by atoms with van der Waals surface area (Å²) in [5, 5.41) is 14.6. The molecule has 0 saturated carbocycles. The predicted octanol–water partition coefficient (Wildman–Crippen LogP) is 6.40. The maximum Gasteiger partial charge on any atom is 0.339 e.